The summed E-state index contributed by atoms with van der Waals surface area (Å²) in [5, 5.41) is 0.536. The standard InChI is InChI=1S/C20H18ClF3O4S/c21-17-9-6-15(7-10-17)19-16(12-13-27-29(25,26)20(22,23)24)8-11-18(28-19)14-4-2-1-3-5-14/h1-7,9-10,12,18-19H,8,11,13H2/b16-12+. The highest BCUT2D eigenvalue weighted by molar-refractivity contribution is 7.87. The van der Waals surface area contributed by atoms with Gasteiger partial charge in [-0.1, -0.05) is 60.1 Å². The third-order valence-electron chi connectivity index (χ3n) is 4.53. The van der Waals surface area contributed by atoms with Crippen LogP contribution in [0.2, 0.25) is 5.02 Å². The quantitative estimate of drug-likeness (QED) is 0.334. The van der Waals surface area contributed by atoms with E-state index in [1.165, 1.54) is 6.08 Å². The van der Waals surface area contributed by atoms with E-state index in [9.17, 15) is 21.6 Å². The maximum absolute atomic E-state index is 12.4. The SMILES string of the molecule is O=S(=O)(OC/C=C1\CCC(c2ccccc2)OC1c1ccc(Cl)cc1)C(F)(F)F. The van der Waals surface area contributed by atoms with Crippen molar-refractivity contribution >= 4 is 21.7 Å². The minimum atomic E-state index is -5.64. The molecule has 0 radical (unpaired) electrons. The zero-order chi connectivity index (χ0) is 21.1. The summed E-state index contributed by atoms with van der Waals surface area (Å²) in [5.41, 5.74) is -3.05. The molecule has 0 saturated carbocycles. The van der Waals surface area contributed by atoms with Crippen LogP contribution in [0.5, 0.6) is 0 Å². The van der Waals surface area contributed by atoms with Gasteiger partial charge in [0.2, 0.25) is 0 Å². The second-order valence-corrected chi connectivity index (χ2v) is 8.51. The van der Waals surface area contributed by atoms with Gasteiger partial charge in [-0.05, 0) is 41.7 Å². The summed E-state index contributed by atoms with van der Waals surface area (Å²) in [6.07, 6.45) is 1.70. The van der Waals surface area contributed by atoms with Gasteiger partial charge in [0.05, 0.1) is 12.7 Å². The summed E-state index contributed by atoms with van der Waals surface area (Å²) in [5.74, 6) is 0. The lowest BCUT2D eigenvalue weighted by atomic mass is 9.90. The first-order valence-corrected chi connectivity index (χ1v) is 10.6. The summed E-state index contributed by atoms with van der Waals surface area (Å²) in [4.78, 5) is 0. The molecule has 0 aliphatic carbocycles. The first kappa shape index (κ1) is 21.8. The molecule has 1 heterocycles. The number of ether oxygens (including phenoxy) is 1. The predicted octanol–water partition coefficient (Wildman–Crippen LogP) is 5.73. The summed E-state index contributed by atoms with van der Waals surface area (Å²) >= 11 is 5.94. The molecule has 1 aliphatic rings. The summed E-state index contributed by atoms with van der Waals surface area (Å²) < 4.78 is 69.9. The molecule has 29 heavy (non-hydrogen) atoms. The molecule has 2 aromatic rings. The van der Waals surface area contributed by atoms with E-state index < -0.39 is 28.3 Å². The molecule has 156 valence electrons. The van der Waals surface area contributed by atoms with E-state index >= 15 is 0 Å². The summed E-state index contributed by atoms with van der Waals surface area (Å²) in [6, 6.07) is 16.5. The number of hydrogen-bond donors (Lipinski definition) is 0. The zero-order valence-corrected chi connectivity index (χ0v) is 16.7. The Morgan fingerprint density at radius 1 is 1.07 bits per heavy atom. The first-order valence-electron chi connectivity index (χ1n) is 8.78. The van der Waals surface area contributed by atoms with Crippen LogP contribution in [0, 0.1) is 0 Å². The molecule has 2 aromatic carbocycles. The summed E-state index contributed by atoms with van der Waals surface area (Å²) in [6.45, 7) is -0.722. The van der Waals surface area contributed by atoms with Gasteiger partial charge in [-0.25, -0.2) is 0 Å². The van der Waals surface area contributed by atoms with Crippen LogP contribution in [0.3, 0.4) is 0 Å². The Kier molecular flexibility index (Phi) is 6.68. The van der Waals surface area contributed by atoms with E-state index in [1.807, 2.05) is 30.3 Å². The number of benzene rings is 2. The first-order chi connectivity index (χ1) is 13.7. The molecule has 0 aromatic heterocycles. The van der Waals surface area contributed by atoms with E-state index in [4.69, 9.17) is 16.3 Å². The largest absolute Gasteiger partial charge is 0.523 e. The van der Waals surface area contributed by atoms with Gasteiger partial charge in [-0.15, -0.1) is 0 Å². The van der Waals surface area contributed by atoms with Gasteiger partial charge in [0.15, 0.2) is 0 Å². The smallest absolute Gasteiger partial charge is 0.361 e. The molecular weight excluding hydrogens is 429 g/mol. The third-order valence-corrected chi connectivity index (χ3v) is 5.79. The number of rotatable bonds is 5. The topological polar surface area (TPSA) is 52.6 Å². The Balaban J connectivity index is 1.82. The van der Waals surface area contributed by atoms with Crippen LogP contribution in [0.15, 0.2) is 66.2 Å². The Labute approximate surface area is 172 Å². The van der Waals surface area contributed by atoms with Crippen LogP contribution in [-0.2, 0) is 19.0 Å². The minimum Gasteiger partial charge on any atom is -0.361 e. The maximum atomic E-state index is 12.4. The molecule has 9 heteroatoms. The van der Waals surface area contributed by atoms with Crippen LogP contribution in [-0.4, -0.2) is 20.5 Å². The molecule has 0 spiro atoms. The minimum absolute atomic E-state index is 0.200. The van der Waals surface area contributed by atoms with Gasteiger partial charge < -0.3 is 4.74 Å². The van der Waals surface area contributed by atoms with Gasteiger partial charge in [-0.2, -0.15) is 21.6 Å². The normalized spacial score (nSPS) is 22.0. The van der Waals surface area contributed by atoms with Gasteiger partial charge in [0.25, 0.3) is 0 Å². The molecule has 2 unspecified atom stereocenters. The molecule has 0 bridgehead atoms. The van der Waals surface area contributed by atoms with Crippen molar-refractivity contribution in [2.75, 3.05) is 6.61 Å². The fraction of sp³-hybridized carbons (Fsp3) is 0.300. The van der Waals surface area contributed by atoms with Crippen molar-refractivity contribution in [3.8, 4) is 0 Å². The Morgan fingerprint density at radius 3 is 2.34 bits per heavy atom. The van der Waals surface area contributed by atoms with Crippen LogP contribution >= 0.6 is 11.6 Å². The van der Waals surface area contributed by atoms with Gasteiger partial charge in [0, 0.05) is 5.02 Å². The van der Waals surface area contributed by atoms with Gasteiger partial charge in [0.1, 0.15) is 6.10 Å². The molecule has 4 nitrogen and oxygen atoms in total. The second kappa shape index (κ2) is 8.87. The van der Waals surface area contributed by atoms with Gasteiger partial charge in [-0.3, -0.25) is 4.18 Å². The van der Waals surface area contributed by atoms with Crippen molar-refractivity contribution < 1.29 is 30.5 Å². The average Bonchev–Trinajstić information content (AvgIpc) is 2.68. The Morgan fingerprint density at radius 2 is 1.72 bits per heavy atom. The summed E-state index contributed by atoms with van der Waals surface area (Å²) in [7, 11) is -5.64. The van der Waals surface area contributed by atoms with Crippen molar-refractivity contribution in [2.45, 2.75) is 30.6 Å². The molecular formula is C20H18ClF3O4S. The molecule has 0 amide bonds. The van der Waals surface area contributed by atoms with E-state index in [-0.39, 0.29) is 6.10 Å². The maximum Gasteiger partial charge on any atom is 0.523 e. The molecule has 1 aliphatic heterocycles. The fourth-order valence-corrected chi connectivity index (χ4v) is 3.61. The molecule has 0 N–H and O–H groups in total. The predicted molar refractivity (Wildman–Crippen MR) is 103 cm³/mol. The zero-order valence-electron chi connectivity index (χ0n) is 15.1. The average molecular weight is 447 g/mol. The van der Waals surface area contributed by atoms with E-state index in [1.54, 1.807) is 24.3 Å². The second-order valence-electron chi connectivity index (χ2n) is 6.47. The molecule has 1 saturated heterocycles. The van der Waals surface area contributed by atoms with Crippen molar-refractivity contribution in [1.29, 1.82) is 0 Å². The lowest BCUT2D eigenvalue weighted by Gasteiger charge is -2.33. The van der Waals surface area contributed by atoms with Crippen molar-refractivity contribution in [1.82, 2.24) is 0 Å². The molecule has 3 rings (SSSR count). The van der Waals surface area contributed by atoms with Crippen molar-refractivity contribution in [3.63, 3.8) is 0 Å². The third kappa shape index (κ3) is 5.39. The number of halogens is 4. The van der Waals surface area contributed by atoms with E-state index in [0.29, 0.717) is 23.4 Å². The van der Waals surface area contributed by atoms with Gasteiger partial charge >= 0.3 is 15.6 Å². The fourth-order valence-electron chi connectivity index (χ4n) is 3.10. The van der Waals surface area contributed by atoms with E-state index in [2.05, 4.69) is 4.18 Å². The lowest BCUT2D eigenvalue weighted by Crippen LogP contribution is -2.26. The molecule has 2 atom stereocenters. The number of hydrogen-bond acceptors (Lipinski definition) is 4. The van der Waals surface area contributed by atoms with Crippen LogP contribution < -0.4 is 0 Å². The Bertz CT molecular complexity index is 957. The van der Waals surface area contributed by atoms with Crippen LogP contribution in [0.1, 0.15) is 36.2 Å². The highest BCUT2D eigenvalue weighted by Crippen LogP contribution is 2.42. The van der Waals surface area contributed by atoms with E-state index in [0.717, 1.165) is 11.1 Å². The highest BCUT2D eigenvalue weighted by atomic mass is 35.5. The molecule has 1 fully saturated rings. The van der Waals surface area contributed by atoms with Crippen LogP contribution in [0.25, 0.3) is 0 Å². The number of alkyl halides is 3. The highest BCUT2D eigenvalue weighted by Gasteiger charge is 2.47. The van der Waals surface area contributed by atoms with Crippen LogP contribution in [0.4, 0.5) is 13.2 Å². The Hall–Kier alpha value is -1.87. The van der Waals surface area contributed by atoms with Crippen molar-refractivity contribution in [2.24, 2.45) is 0 Å². The van der Waals surface area contributed by atoms with Crippen molar-refractivity contribution in [3.05, 3.63) is 82.4 Å². The monoisotopic (exact) mass is 446 g/mol. The lowest BCUT2D eigenvalue weighted by molar-refractivity contribution is -0.0536.